The fourth-order valence-electron chi connectivity index (χ4n) is 3.16. The Morgan fingerprint density at radius 3 is 2.61 bits per heavy atom. The SMILES string of the molecule is Cc1nn(Cc2cccc(C(=O)N(C)Cc3ccn(C)n3)c2)c(C)c1[N+](=O)[O-]. The molecular weight excluding hydrogens is 360 g/mol. The Balaban J connectivity index is 1.78. The molecule has 146 valence electrons. The van der Waals surface area contributed by atoms with Crippen LogP contribution in [0, 0.1) is 24.0 Å². The lowest BCUT2D eigenvalue weighted by molar-refractivity contribution is -0.386. The summed E-state index contributed by atoms with van der Waals surface area (Å²) < 4.78 is 3.29. The summed E-state index contributed by atoms with van der Waals surface area (Å²) in [5.41, 5.74) is 3.10. The number of aryl methyl sites for hydroxylation is 2. The van der Waals surface area contributed by atoms with E-state index < -0.39 is 4.92 Å². The van der Waals surface area contributed by atoms with Gasteiger partial charge in [-0.15, -0.1) is 0 Å². The zero-order valence-electron chi connectivity index (χ0n) is 16.3. The molecule has 28 heavy (non-hydrogen) atoms. The lowest BCUT2D eigenvalue weighted by atomic mass is 10.1. The van der Waals surface area contributed by atoms with Crippen molar-refractivity contribution in [3.8, 4) is 0 Å². The first-order valence-corrected chi connectivity index (χ1v) is 8.77. The molecule has 0 bridgehead atoms. The summed E-state index contributed by atoms with van der Waals surface area (Å²) in [6.07, 6.45) is 1.84. The Bertz CT molecular complexity index is 1040. The summed E-state index contributed by atoms with van der Waals surface area (Å²) in [6.45, 7) is 4.06. The fraction of sp³-hybridized carbons (Fsp3) is 0.316. The number of carbonyl (C=O) groups excluding carboxylic acids is 1. The van der Waals surface area contributed by atoms with Gasteiger partial charge in [-0.2, -0.15) is 10.2 Å². The third kappa shape index (κ3) is 3.93. The van der Waals surface area contributed by atoms with Crippen LogP contribution in [0.15, 0.2) is 36.5 Å². The van der Waals surface area contributed by atoms with Gasteiger partial charge in [-0.3, -0.25) is 24.3 Å². The normalized spacial score (nSPS) is 10.9. The van der Waals surface area contributed by atoms with E-state index in [1.807, 2.05) is 25.4 Å². The summed E-state index contributed by atoms with van der Waals surface area (Å²) in [5.74, 6) is -0.119. The number of carbonyl (C=O) groups is 1. The first-order chi connectivity index (χ1) is 13.3. The van der Waals surface area contributed by atoms with E-state index in [1.54, 1.807) is 53.4 Å². The monoisotopic (exact) mass is 382 g/mol. The maximum atomic E-state index is 12.8. The van der Waals surface area contributed by atoms with Gasteiger partial charge in [0, 0.05) is 25.9 Å². The van der Waals surface area contributed by atoms with E-state index in [0.717, 1.165) is 11.3 Å². The molecule has 0 unspecified atom stereocenters. The summed E-state index contributed by atoms with van der Waals surface area (Å²) in [4.78, 5) is 25.1. The van der Waals surface area contributed by atoms with Crippen LogP contribution in [0.25, 0.3) is 0 Å². The van der Waals surface area contributed by atoms with E-state index in [9.17, 15) is 14.9 Å². The number of nitrogens with zero attached hydrogens (tertiary/aromatic N) is 6. The topological polar surface area (TPSA) is 99.1 Å². The smallest absolute Gasteiger partial charge is 0.312 e. The Hall–Kier alpha value is -3.49. The van der Waals surface area contributed by atoms with Crippen molar-refractivity contribution in [2.45, 2.75) is 26.9 Å². The minimum Gasteiger partial charge on any atom is -0.336 e. The molecule has 0 aliphatic carbocycles. The molecule has 0 saturated carbocycles. The molecule has 0 spiro atoms. The van der Waals surface area contributed by atoms with Crippen LogP contribution in [-0.2, 0) is 20.1 Å². The highest BCUT2D eigenvalue weighted by Crippen LogP contribution is 2.22. The third-order valence-corrected chi connectivity index (χ3v) is 4.55. The average molecular weight is 382 g/mol. The molecule has 0 N–H and O–H groups in total. The average Bonchev–Trinajstić information content (AvgIpc) is 3.16. The van der Waals surface area contributed by atoms with E-state index in [2.05, 4.69) is 10.2 Å². The molecular formula is C19H22N6O3. The Labute approximate surface area is 162 Å². The predicted molar refractivity (Wildman–Crippen MR) is 103 cm³/mol. The second-order valence-corrected chi connectivity index (χ2v) is 6.78. The fourth-order valence-corrected chi connectivity index (χ4v) is 3.16. The number of nitro groups is 1. The Morgan fingerprint density at radius 1 is 1.25 bits per heavy atom. The van der Waals surface area contributed by atoms with Gasteiger partial charge in [-0.05, 0) is 37.6 Å². The van der Waals surface area contributed by atoms with Crippen molar-refractivity contribution in [1.82, 2.24) is 24.5 Å². The summed E-state index contributed by atoms with van der Waals surface area (Å²) in [6, 6.07) is 9.09. The first kappa shape index (κ1) is 19.3. The number of hydrogen-bond donors (Lipinski definition) is 0. The van der Waals surface area contributed by atoms with Crippen LogP contribution in [0.5, 0.6) is 0 Å². The molecule has 0 radical (unpaired) electrons. The van der Waals surface area contributed by atoms with Gasteiger partial charge in [-0.25, -0.2) is 0 Å². The lowest BCUT2D eigenvalue weighted by Crippen LogP contribution is -2.26. The van der Waals surface area contributed by atoms with Crippen LogP contribution in [-0.4, -0.2) is 42.3 Å². The van der Waals surface area contributed by atoms with Gasteiger partial charge >= 0.3 is 5.69 Å². The van der Waals surface area contributed by atoms with Gasteiger partial charge in [0.1, 0.15) is 11.4 Å². The van der Waals surface area contributed by atoms with E-state index in [4.69, 9.17) is 0 Å². The molecule has 2 heterocycles. The van der Waals surface area contributed by atoms with Crippen molar-refractivity contribution in [2.75, 3.05) is 7.05 Å². The van der Waals surface area contributed by atoms with Crippen molar-refractivity contribution in [3.63, 3.8) is 0 Å². The van der Waals surface area contributed by atoms with Gasteiger partial charge in [0.15, 0.2) is 0 Å². The van der Waals surface area contributed by atoms with Gasteiger partial charge < -0.3 is 4.90 Å². The third-order valence-electron chi connectivity index (χ3n) is 4.55. The number of rotatable bonds is 6. The minimum atomic E-state index is -0.416. The number of hydrogen-bond acceptors (Lipinski definition) is 5. The highest BCUT2D eigenvalue weighted by molar-refractivity contribution is 5.94. The molecule has 1 aromatic carbocycles. The predicted octanol–water partition coefficient (Wildman–Crippen LogP) is 2.46. The molecule has 3 rings (SSSR count). The van der Waals surface area contributed by atoms with E-state index in [-0.39, 0.29) is 11.6 Å². The molecule has 0 aliphatic heterocycles. The van der Waals surface area contributed by atoms with Crippen LogP contribution >= 0.6 is 0 Å². The van der Waals surface area contributed by atoms with Crippen LogP contribution in [0.4, 0.5) is 5.69 Å². The largest absolute Gasteiger partial charge is 0.336 e. The van der Waals surface area contributed by atoms with Crippen LogP contribution in [0.1, 0.15) is 33.0 Å². The van der Waals surface area contributed by atoms with E-state index in [1.165, 1.54) is 0 Å². The number of aromatic nitrogens is 4. The van der Waals surface area contributed by atoms with Crippen molar-refractivity contribution >= 4 is 11.6 Å². The van der Waals surface area contributed by atoms with Crippen molar-refractivity contribution in [1.29, 1.82) is 0 Å². The molecule has 1 amide bonds. The quantitative estimate of drug-likeness (QED) is 0.482. The summed E-state index contributed by atoms with van der Waals surface area (Å²) >= 11 is 0. The highest BCUT2D eigenvalue weighted by atomic mass is 16.6. The Morgan fingerprint density at radius 2 is 2.00 bits per heavy atom. The molecule has 0 atom stereocenters. The number of amides is 1. The standard InChI is InChI=1S/C19H22N6O3/c1-13-18(25(27)28)14(2)24(20-13)11-15-6-5-7-16(10-15)19(26)22(3)12-17-8-9-23(4)21-17/h5-10H,11-12H2,1-4H3. The maximum Gasteiger partial charge on any atom is 0.312 e. The summed E-state index contributed by atoms with van der Waals surface area (Å²) in [5, 5.41) is 19.7. The molecule has 9 heteroatoms. The second-order valence-electron chi connectivity index (χ2n) is 6.78. The van der Waals surface area contributed by atoms with Gasteiger partial charge in [-0.1, -0.05) is 12.1 Å². The van der Waals surface area contributed by atoms with E-state index >= 15 is 0 Å². The van der Waals surface area contributed by atoms with Crippen molar-refractivity contribution in [3.05, 3.63) is 74.9 Å². The van der Waals surface area contributed by atoms with Gasteiger partial charge in [0.2, 0.25) is 0 Å². The van der Waals surface area contributed by atoms with Gasteiger partial charge in [0.05, 0.1) is 23.7 Å². The summed E-state index contributed by atoms with van der Waals surface area (Å²) in [7, 11) is 3.56. The van der Waals surface area contributed by atoms with E-state index in [0.29, 0.717) is 30.0 Å². The van der Waals surface area contributed by atoms with Crippen molar-refractivity contribution < 1.29 is 9.72 Å². The molecule has 9 nitrogen and oxygen atoms in total. The van der Waals surface area contributed by atoms with Gasteiger partial charge in [0.25, 0.3) is 5.91 Å². The molecule has 0 fully saturated rings. The molecule has 2 aromatic heterocycles. The van der Waals surface area contributed by atoms with Crippen LogP contribution < -0.4 is 0 Å². The zero-order valence-corrected chi connectivity index (χ0v) is 16.3. The Kier molecular flexibility index (Phi) is 5.25. The van der Waals surface area contributed by atoms with Crippen LogP contribution in [0.3, 0.4) is 0 Å². The molecule has 3 aromatic rings. The second kappa shape index (κ2) is 7.63. The highest BCUT2D eigenvalue weighted by Gasteiger charge is 2.22. The maximum absolute atomic E-state index is 12.8. The van der Waals surface area contributed by atoms with Crippen molar-refractivity contribution in [2.24, 2.45) is 7.05 Å². The lowest BCUT2D eigenvalue weighted by Gasteiger charge is -2.16. The molecule has 0 saturated heterocycles. The first-order valence-electron chi connectivity index (χ1n) is 8.77. The van der Waals surface area contributed by atoms with Crippen LogP contribution in [0.2, 0.25) is 0 Å². The molecule has 0 aliphatic rings. The zero-order chi connectivity index (χ0) is 20.4. The minimum absolute atomic E-state index is 0.0299. The number of benzene rings is 1.